The number of benzene rings is 2. The highest BCUT2D eigenvalue weighted by molar-refractivity contribution is 6.32. The predicted octanol–water partition coefficient (Wildman–Crippen LogP) is 4.30. The molecule has 0 fully saturated rings. The van der Waals surface area contributed by atoms with E-state index in [-0.39, 0.29) is 23.5 Å². The van der Waals surface area contributed by atoms with E-state index in [1.807, 2.05) is 24.3 Å². The number of para-hydroxylation sites is 1. The lowest BCUT2D eigenvalue weighted by molar-refractivity contribution is -0.156. The molecule has 7 heteroatoms. The van der Waals surface area contributed by atoms with Gasteiger partial charge in [0.25, 0.3) is 0 Å². The second-order valence-electron chi connectivity index (χ2n) is 7.49. The van der Waals surface area contributed by atoms with Crippen molar-refractivity contribution >= 4 is 29.2 Å². The standard InChI is InChI=1S/C21H24ClFN2O3/c1-21(2,3)16-6-4-5-7-18(16)24-10-11-25(19(26)20(27)28)13-14-8-9-15(23)12-17(14)22/h4-9,12,24H,10-11,13H2,1-3H3,(H,27,28). The summed E-state index contributed by atoms with van der Waals surface area (Å²) in [6.45, 7) is 6.79. The number of hydrogen-bond acceptors (Lipinski definition) is 3. The van der Waals surface area contributed by atoms with Crippen molar-refractivity contribution in [1.29, 1.82) is 0 Å². The molecule has 5 nitrogen and oxygen atoms in total. The maximum atomic E-state index is 13.2. The molecule has 0 atom stereocenters. The highest BCUT2D eigenvalue weighted by Gasteiger charge is 2.22. The molecule has 28 heavy (non-hydrogen) atoms. The monoisotopic (exact) mass is 406 g/mol. The number of anilines is 1. The van der Waals surface area contributed by atoms with Crippen LogP contribution in [0.3, 0.4) is 0 Å². The number of carbonyl (C=O) groups is 2. The molecule has 1 amide bonds. The number of halogens is 2. The van der Waals surface area contributed by atoms with Crippen LogP contribution in [0.15, 0.2) is 42.5 Å². The van der Waals surface area contributed by atoms with Crippen LogP contribution in [0.25, 0.3) is 0 Å². The fraction of sp³-hybridized carbons (Fsp3) is 0.333. The van der Waals surface area contributed by atoms with Gasteiger partial charge in [0.1, 0.15) is 5.82 Å². The zero-order valence-electron chi connectivity index (χ0n) is 16.1. The lowest BCUT2D eigenvalue weighted by Crippen LogP contribution is -2.39. The molecule has 0 aliphatic carbocycles. The third-order valence-electron chi connectivity index (χ3n) is 4.28. The van der Waals surface area contributed by atoms with E-state index in [4.69, 9.17) is 16.7 Å². The first-order valence-electron chi connectivity index (χ1n) is 8.89. The van der Waals surface area contributed by atoms with Crippen molar-refractivity contribution in [3.63, 3.8) is 0 Å². The summed E-state index contributed by atoms with van der Waals surface area (Å²) in [6.07, 6.45) is 0. The van der Waals surface area contributed by atoms with Crippen LogP contribution in [0.1, 0.15) is 31.9 Å². The van der Waals surface area contributed by atoms with Crippen LogP contribution in [-0.2, 0) is 21.5 Å². The number of nitrogens with zero attached hydrogens (tertiary/aromatic N) is 1. The second-order valence-corrected chi connectivity index (χ2v) is 7.90. The SMILES string of the molecule is CC(C)(C)c1ccccc1NCCN(Cc1ccc(F)cc1Cl)C(=O)C(=O)O. The molecule has 0 radical (unpaired) electrons. The van der Waals surface area contributed by atoms with Gasteiger partial charge in [-0.1, -0.05) is 56.6 Å². The van der Waals surface area contributed by atoms with E-state index in [2.05, 4.69) is 26.1 Å². The van der Waals surface area contributed by atoms with Crippen LogP contribution < -0.4 is 5.32 Å². The maximum absolute atomic E-state index is 13.2. The molecule has 0 heterocycles. The average Bonchev–Trinajstić information content (AvgIpc) is 2.61. The van der Waals surface area contributed by atoms with Crippen LogP contribution >= 0.6 is 11.6 Å². The Kier molecular flexibility index (Phi) is 7.02. The molecule has 0 aliphatic heterocycles. The van der Waals surface area contributed by atoms with Crippen molar-refractivity contribution < 1.29 is 19.1 Å². The quantitative estimate of drug-likeness (QED) is 0.701. The summed E-state index contributed by atoms with van der Waals surface area (Å²) >= 11 is 6.02. The first kappa shape index (κ1) is 21.7. The predicted molar refractivity (Wildman–Crippen MR) is 108 cm³/mol. The lowest BCUT2D eigenvalue weighted by Gasteiger charge is -2.25. The van der Waals surface area contributed by atoms with Crippen LogP contribution in [0.5, 0.6) is 0 Å². The van der Waals surface area contributed by atoms with Gasteiger partial charge in [-0.2, -0.15) is 0 Å². The van der Waals surface area contributed by atoms with Crippen molar-refractivity contribution in [3.8, 4) is 0 Å². The molecule has 0 saturated heterocycles. The van der Waals surface area contributed by atoms with E-state index in [9.17, 15) is 14.0 Å². The topological polar surface area (TPSA) is 69.6 Å². The Labute approximate surface area is 169 Å². The molecule has 2 aromatic carbocycles. The molecular weight excluding hydrogens is 383 g/mol. The van der Waals surface area contributed by atoms with Gasteiger partial charge in [0.2, 0.25) is 0 Å². The summed E-state index contributed by atoms with van der Waals surface area (Å²) in [6, 6.07) is 11.7. The number of carbonyl (C=O) groups excluding carboxylic acids is 1. The largest absolute Gasteiger partial charge is 0.474 e. The fourth-order valence-corrected chi connectivity index (χ4v) is 3.09. The van der Waals surface area contributed by atoms with Gasteiger partial charge in [-0.15, -0.1) is 0 Å². The van der Waals surface area contributed by atoms with Crippen molar-refractivity contribution in [1.82, 2.24) is 4.90 Å². The summed E-state index contributed by atoms with van der Waals surface area (Å²) in [5.74, 6) is -3.08. The van der Waals surface area contributed by atoms with Gasteiger partial charge in [-0.3, -0.25) is 4.79 Å². The third-order valence-corrected chi connectivity index (χ3v) is 4.63. The molecule has 0 aromatic heterocycles. The first-order valence-corrected chi connectivity index (χ1v) is 9.27. The Hall–Kier alpha value is -2.60. The molecule has 2 aromatic rings. The van der Waals surface area contributed by atoms with Crippen LogP contribution in [0, 0.1) is 5.82 Å². The Morgan fingerprint density at radius 2 is 1.86 bits per heavy atom. The molecule has 0 aliphatic rings. The van der Waals surface area contributed by atoms with Crippen LogP contribution in [-0.4, -0.2) is 35.0 Å². The van der Waals surface area contributed by atoms with Gasteiger partial charge < -0.3 is 15.3 Å². The van der Waals surface area contributed by atoms with Gasteiger partial charge in [-0.05, 0) is 34.7 Å². The van der Waals surface area contributed by atoms with E-state index >= 15 is 0 Å². The zero-order chi connectivity index (χ0) is 20.9. The summed E-state index contributed by atoms with van der Waals surface area (Å²) < 4.78 is 13.2. The molecule has 2 N–H and O–H groups in total. The Morgan fingerprint density at radius 1 is 1.18 bits per heavy atom. The normalized spacial score (nSPS) is 11.2. The maximum Gasteiger partial charge on any atom is 0.394 e. The van der Waals surface area contributed by atoms with Gasteiger partial charge in [0.15, 0.2) is 0 Å². The van der Waals surface area contributed by atoms with E-state index in [0.717, 1.165) is 17.3 Å². The summed E-state index contributed by atoms with van der Waals surface area (Å²) in [4.78, 5) is 24.4. The van der Waals surface area contributed by atoms with Gasteiger partial charge in [-0.25, -0.2) is 9.18 Å². The van der Waals surface area contributed by atoms with Gasteiger partial charge in [0.05, 0.1) is 0 Å². The Morgan fingerprint density at radius 3 is 2.46 bits per heavy atom. The number of carboxylic acids is 1. The average molecular weight is 407 g/mol. The Bertz CT molecular complexity index is 865. The minimum atomic E-state index is -1.55. The van der Waals surface area contributed by atoms with Crippen molar-refractivity contribution in [2.45, 2.75) is 32.7 Å². The van der Waals surface area contributed by atoms with E-state index in [0.29, 0.717) is 12.1 Å². The Balaban J connectivity index is 2.12. The molecule has 0 unspecified atom stereocenters. The number of aliphatic carboxylic acids is 1. The zero-order valence-corrected chi connectivity index (χ0v) is 16.9. The molecule has 0 spiro atoms. The first-order chi connectivity index (χ1) is 13.1. The smallest absolute Gasteiger partial charge is 0.394 e. The molecule has 0 saturated carbocycles. The second kappa shape index (κ2) is 9.06. The van der Waals surface area contributed by atoms with Crippen molar-refractivity contribution in [2.75, 3.05) is 18.4 Å². The van der Waals surface area contributed by atoms with E-state index < -0.39 is 17.7 Å². The van der Waals surface area contributed by atoms with Crippen molar-refractivity contribution in [3.05, 3.63) is 64.4 Å². The number of hydrogen-bond donors (Lipinski definition) is 2. The number of rotatable bonds is 6. The summed E-state index contributed by atoms with van der Waals surface area (Å²) in [5.41, 5.74) is 2.46. The fourth-order valence-electron chi connectivity index (χ4n) is 2.86. The summed E-state index contributed by atoms with van der Waals surface area (Å²) in [7, 11) is 0. The number of amides is 1. The molecule has 2 rings (SSSR count). The van der Waals surface area contributed by atoms with Gasteiger partial charge in [0, 0.05) is 30.3 Å². The highest BCUT2D eigenvalue weighted by Crippen LogP contribution is 2.29. The number of nitrogens with one attached hydrogen (secondary N) is 1. The minimum Gasteiger partial charge on any atom is -0.474 e. The molecule has 0 bridgehead atoms. The highest BCUT2D eigenvalue weighted by atomic mass is 35.5. The molecular formula is C21H24ClFN2O3. The minimum absolute atomic E-state index is 0.0210. The molecule has 150 valence electrons. The van der Waals surface area contributed by atoms with Crippen LogP contribution in [0.2, 0.25) is 5.02 Å². The third kappa shape index (κ3) is 5.70. The number of carboxylic acid groups (broad SMARTS) is 1. The van der Waals surface area contributed by atoms with Gasteiger partial charge >= 0.3 is 11.9 Å². The van der Waals surface area contributed by atoms with E-state index in [1.54, 1.807) is 0 Å². The van der Waals surface area contributed by atoms with E-state index in [1.165, 1.54) is 17.0 Å². The lowest BCUT2D eigenvalue weighted by atomic mass is 9.86. The van der Waals surface area contributed by atoms with Crippen LogP contribution in [0.4, 0.5) is 10.1 Å². The van der Waals surface area contributed by atoms with Crippen molar-refractivity contribution in [2.24, 2.45) is 0 Å². The summed E-state index contributed by atoms with van der Waals surface area (Å²) in [5, 5.41) is 12.5.